The van der Waals surface area contributed by atoms with E-state index in [0.29, 0.717) is 19.6 Å². The van der Waals surface area contributed by atoms with Crippen LogP contribution >= 0.6 is 0 Å². The predicted molar refractivity (Wildman–Crippen MR) is 106 cm³/mol. The third-order valence-corrected chi connectivity index (χ3v) is 4.60. The maximum Gasteiger partial charge on any atom is 0.335 e. The van der Waals surface area contributed by atoms with Crippen LogP contribution in [0.2, 0.25) is 0 Å². The van der Waals surface area contributed by atoms with E-state index < -0.39 is 18.0 Å². The molecule has 0 spiro atoms. The molecule has 2 aromatic rings. The van der Waals surface area contributed by atoms with Gasteiger partial charge in [-0.25, -0.2) is 9.59 Å². The first-order valence-corrected chi connectivity index (χ1v) is 9.06. The monoisotopic (exact) mass is 386 g/mol. The zero-order chi connectivity index (χ0) is 20.7. The van der Waals surface area contributed by atoms with E-state index in [0.717, 1.165) is 16.7 Å². The Kier molecular flexibility index (Phi) is 7.69. The van der Waals surface area contributed by atoms with Crippen LogP contribution in [0.5, 0.6) is 0 Å². The first-order chi connectivity index (χ1) is 13.3. The number of carboxylic acids is 2. The van der Waals surface area contributed by atoms with Gasteiger partial charge in [0.2, 0.25) is 0 Å². The zero-order valence-electron chi connectivity index (χ0n) is 16.0. The molecule has 0 fully saturated rings. The number of carbonyl (C=O) groups is 2. The summed E-state index contributed by atoms with van der Waals surface area (Å²) in [4.78, 5) is 21.8. The molecule has 2 atom stereocenters. The van der Waals surface area contributed by atoms with Gasteiger partial charge in [0.25, 0.3) is 0 Å². The van der Waals surface area contributed by atoms with Gasteiger partial charge < -0.3 is 26.0 Å². The van der Waals surface area contributed by atoms with Crippen LogP contribution in [0.4, 0.5) is 0 Å². The second kappa shape index (κ2) is 9.98. The average Bonchev–Trinajstić information content (AvgIpc) is 2.67. The van der Waals surface area contributed by atoms with Crippen molar-refractivity contribution in [1.82, 2.24) is 10.6 Å². The highest BCUT2D eigenvalue weighted by Crippen LogP contribution is 2.14. The van der Waals surface area contributed by atoms with Crippen LogP contribution in [0.1, 0.15) is 50.4 Å². The summed E-state index contributed by atoms with van der Waals surface area (Å²) in [7, 11) is 0. The van der Waals surface area contributed by atoms with Crippen molar-refractivity contribution in [3.63, 3.8) is 0 Å². The summed E-state index contributed by atoms with van der Waals surface area (Å²) < 4.78 is 0. The largest absolute Gasteiger partial charge is 0.478 e. The van der Waals surface area contributed by atoms with Gasteiger partial charge in [0, 0.05) is 25.7 Å². The van der Waals surface area contributed by atoms with Crippen molar-refractivity contribution in [2.75, 3.05) is 13.1 Å². The van der Waals surface area contributed by atoms with Crippen LogP contribution < -0.4 is 10.6 Å². The minimum atomic E-state index is -0.957. The molecule has 0 aliphatic rings. The SMILES string of the molecule is Cc1cc(C(=O)O)ccc1CNCC(O)CNC(C)c1ccc(C(=O)O)cc1. The Morgan fingerprint density at radius 3 is 2.14 bits per heavy atom. The minimum absolute atomic E-state index is 0.0247. The Bertz CT molecular complexity index is 820. The summed E-state index contributed by atoms with van der Waals surface area (Å²) in [5, 5.41) is 34.5. The third-order valence-electron chi connectivity index (χ3n) is 4.60. The van der Waals surface area contributed by atoms with Gasteiger partial charge in [-0.15, -0.1) is 0 Å². The summed E-state index contributed by atoms with van der Waals surface area (Å²) in [5.74, 6) is -1.91. The molecule has 28 heavy (non-hydrogen) atoms. The minimum Gasteiger partial charge on any atom is -0.478 e. The number of aromatic carboxylic acids is 2. The number of hydrogen-bond acceptors (Lipinski definition) is 5. The average molecular weight is 386 g/mol. The Labute approximate surface area is 164 Å². The highest BCUT2D eigenvalue weighted by atomic mass is 16.4. The molecule has 0 radical (unpaired) electrons. The van der Waals surface area contributed by atoms with E-state index >= 15 is 0 Å². The normalized spacial score (nSPS) is 13.1. The van der Waals surface area contributed by atoms with Crippen LogP contribution in [0, 0.1) is 6.92 Å². The molecule has 5 N–H and O–H groups in total. The smallest absolute Gasteiger partial charge is 0.335 e. The van der Waals surface area contributed by atoms with Crippen molar-refractivity contribution in [3.8, 4) is 0 Å². The van der Waals surface area contributed by atoms with Gasteiger partial charge in [-0.05, 0) is 54.8 Å². The van der Waals surface area contributed by atoms with Crippen LogP contribution in [0.15, 0.2) is 42.5 Å². The van der Waals surface area contributed by atoms with Crippen molar-refractivity contribution in [3.05, 3.63) is 70.3 Å². The second-order valence-electron chi connectivity index (χ2n) is 6.79. The lowest BCUT2D eigenvalue weighted by atomic mass is 10.0. The lowest BCUT2D eigenvalue weighted by molar-refractivity contribution is 0.0686. The van der Waals surface area contributed by atoms with Gasteiger partial charge in [0.15, 0.2) is 0 Å². The molecule has 0 amide bonds. The van der Waals surface area contributed by atoms with E-state index in [4.69, 9.17) is 10.2 Å². The van der Waals surface area contributed by atoms with E-state index in [1.165, 1.54) is 0 Å². The number of aliphatic hydroxyl groups is 1. The standard InChI is InChI=1S/C21H26N2O5/c1-13-9-17(21(27)28)7-8-18(13)10-22-11-19(24)12-23-14(2)15-3-5-16(6-4-15)20(25)26/h3-9,14,19,22-24H,10-12H2,1-2H3,(H,25,26)(H,27,28). The Morgan fingerprint density at radius 1 is 0.964 bits per heavy atom. The van der Waals surface area contributed by atoms with Gasteiger partial charge in [0.05, 0.1) is 17.2 Å². The molecule has 0 saturated carbocycles. The van der Waals surface area contributed by atoms with Crippen molar-refractivity contribution in [2.24, 2.45) is 0 Å². The molecule has 0 aliphatic heterocycles. The lowest BCUT2D eigenvalue weighted by Crippen LogP contribution is -2.36. The molecule has 7 heteroatoms. The number of nitrogens with one attached hydrogen (secondary N) is 2. The summed E-state index contributed by atoms with van der Waals surface area (Å²) in [6, 6.07) is 11.6. The molecule has 150 valence electrons. The number of benzene rings is 2. The molecule has 0 bridgehead atoms. The number of aryl methyl sites for hydroxylation is 1. The maximum atomic E-state index is 11.0. The van der Waals surface area contributed by atoms with Crippen molar-refractivity contribution >= 4 is 11.9 Å². The lowest BCUT2D eigenvalue weighted by Gasteiger charge is -2.18. The summed E-state index contributed by atoms with van der Waals surface area (Å²) in [6.07, 6.45) is -0.598. The highest BCUT2D eigenvalue weighted by Gasteiger charge is 2.11. The Balaban J connectivity index is 1.75. The van der Waals surface area contributed by atoms with Gasteiger partial charge in [-0.3, -0.25) is 0 Å². The van der Waals surface area contributed by atoms with Gasteiger partial charge in [-0.2, -0.15) is 0 Å². The zero-order valence-corrected chi connectivity index (χ0v) is 16.0. The Morgan fingerprint density at radius 2 is 1.57 bits per heavy atom. The second-order valence-corrected chi connectivity index (χ2v) is 6.79. The fraction of sp³-hybridized carbons (Fsp3) is 0.333. The fourth-order valence-corrected chi connectivity index (χ4v) is 2.82. The maximum absolute atomic E-state index is 11.0. The quantitative estimate of drug-likeness (QED) is 0.425. The van der Waals surface area contributed by atoms with Crippen LogP contribution in [-0.2, 0) is 6.54 Å². The van der Waals surface area contributed by atoms with Crippen LogP contribution in [0.25, 0.3) is 0 Å². The molecule has 0 heterocycles. The molecule has 2 aromatic carbocycles. The molecule has 2 unspecified atom stereocenters. The number of aliphatic hydroxyl groups excluding tert-OH is 1. The summed E-state index contributed by atoms with van der Waals surface area (Å²) in [6.45, 7) is 5.11. The topological polar surface area (TPSA) is 119 Å². The van der Waals surface area contributed by atoms with E-state index in [-0.39, 0.29) is 17.2 Å². The van der Waals surface area contributed by atoms with Crippen molar-refractivity contribution in [1.29, 1.82) is 0 Å². The van der Waals surface area contributed by atoms with Crippen molar-refractivity contribution < 1.29 is 24.9 Å². The predicted octanol–water partition coefficient (Wildman–Crippen LogP) is 2.19. The first-order valence-electron chi connectivity index (χ1n) is 9.06. The first kappa shape index (κ1) is 21.6. The molecule has 7 nitrogen and oxygen atoms in total. The number of hydrogen-bond donors (Lipinski definition) is 5. The summed E-state index contributed by atoms with van der Waals surface area (Å²) in [5.41, 5.74) is 3.32. The van der Waals surface area contributed by atoms with E-state index in [2.05, 4.69) is 10.6 Å². The molecule has 2 rings (SSSR count). The van der Waals surface area contributed by atoms with E-state index in [1.807, 2.05) is 13.8 Å². The van der Waals surface area contributed by atoms with E-state index in [9.17, 15) is 14.7 Å². The summed E-state index contributed by atoms with van der Waals surface area (Å²) >= 11 is 0. The molecular formula is C21H26N2O5. The van der Waals surface area contributed by atoms with E-state index in [1.54, 1.807) is 42.5 Å². The number of rotatable bonds is 10. The molecule has 0 saturated heterocycles. The highest BCUT2D eigenvalue weighted by molar-refractivity contribution is 5.88. The van der Waals surface area contributed by atoms with Crippen LogP contribution in [0.3, 0.4) is 0 Å². The van der Waals surface area contributed by atoms with Gasteiger partial charge in [0.1, 0.15) is 0 Å². The Hall–Kier alpha value is -2.74. The molecule has 0 aromatic heterocycles. The van der Waals surface area contributed by atoms with Crippen LogP contribution in [-0.4, -0.2) is 46.5 Å². The molecular weight excluding hydrogens is 360 g/mol. The molecule has 0 aliphatic carbocycles. The fourth-order valence-electron chi connectivity index (χ4n) is 2.82. The van der Waals surface area contributed by atoms with Gasteiger partial charge >= 0.3 is 11.9 Å². The van der Waals surface area contributed by atoms with Crippen molar-refractivity contribution in [2.45, 2.75) is 32.5 Å². The number of carboxylic acid groups (broad SMARTS) is 2. The third kappa shape index (κ3) is 6.16. The van der Waals surface area contributed by atoms with Gasteiger partial charge in [-0.1, -0.05) is 18.2 Å².